The Kier molecular flexibility index (Phi) is 16.1. The minimum absolute atomic E-state index is 0.184. The molecule has 1 unspecified atom stereocenters. The number of hydrogen-bond acceptors (Lipinski definition) is 7. The molecule has 246 valence electrons. The van der Waals surface area contributed by atoms with Crippen molar-refractivity contribution in [3.05, 3.63) is 97.8 Å². The van der Waals surface area contributed by atoms with Gasteiger partial charge in [-0.2, -0.15) is 0 Å². The first-order valence-corrected chi connectivity index (χ1v) is 16.6. The molecule has 2 aliphatic rings. The maximum absolute atomic E-state index is 12.5. The number of carbonyl (C=O) groups is 4. The first-order chi connectivity index (χ1) is 22.3. The van der Waals surface area contributed by atoms with E-state index in [1.807, 2.05) is 34.5 Å². The standard InChI is InChI=1S/C17H16ClN3O4S.C13H13N.2C2H6.CH2O/c18-12-7-10-8-19-4-3-9(10)6-11(12)15(22)20-14(17(24)25)21-16(23)13-2-1-5-26-13;1-9-8-13(10-6-7-10)14-12-5-3-2-4-11(9)12;3*1-2/h1-2,5-7,14,19H,3-4,8H2,(H,20,22)(H,21,23)(H,24,25);2-5,8,10H,6-7H2,1H3;2*1-2H3;1H2. The smallest absolute Gasteiger partial charge is 0.347 e. The average Bonchev–Trinajstić information content (AvgIpc) is 3.80. The van der Waals surface area contributed by atoms with Crippen LogP contribution in [0.4, 0.5) is 0 Å². The van der Waals surface area contributed by atoms with Crippen molar-refractivity contribution in [3.8, 4) is 0 Å². The number of carbonyl (C=O) groups excluding carboxylic acids is 3. The molecule has 2 aromatic heterocycles. The number of nitrogens with zero attached hydrogens (tertiary/aromatic N) is 1. The number of nitrogens with one attached hydrogen (secondary N) is 3. The lowest BCUT2D eigenvalue weighted by Crippen LogP contribution is -2.52. The Hall–Kier alpha value is -4.12. The van der Waals surface area contributed by atoms with E-state index in [-0.39, 0.29) is 10.6 Å². The van der Waals surface area contributed by atoms with E-state index >= 15 is 0 Å². The topological polar surface area (TPSA) is 137 Å². The van der Waals surface area contributed by atoms with Crippen molar-refractivity contribution in [1.82, 2.24) is 20.9 Å². The second-order valence-corrected chi connectivity index (χ2v) is 11.2. The SMILES string of the molecule is C=O.CC.CC.Cc1cc(C2CC2)nc2ccccc12.O=C(NC(NC(=O)c1cc2c(cc1Cl)CNCC2)C(=O)O)c1cccs1. The Balaban J connectivity index is 0.000000308. The predicted molar refractivity (Wildman–Crippen MR) is 186 cm³/mol. The van der Waals surface area contributed by atoms with Crippen molar-refractivity contribution in [2.45, 2.75) is 72.5 Å². The number of fused-ring (bicyclic) bond motifs is 2. The largest absolute Gasteiger partial charge is 0.478 e. The molecule has 46 heavy (non-hydrogen) atoms. The van der Waals surface area contributed by atoms with Crippen LogP contribution in [0.1, 0.15) is 88.9 Å². The van der Waals surface area contributed by atoms with E-state index in [1.165, 1.54) is 40.8 Å². The highest BCUT2D eigenvalue weighted by Gasteiger charge is 2.26. The van der Waals surface area contributed by atoms with Crippen molar-refractivity contribution >= 4 is 58.4 Å². The second-order valence-electron chi connectivity index (χ2n) is 9.88. The Morgan fingerprint density at radius 3 is 2.28 bits per heavy atom. The van der Waals surface area contributed by atoms with E-state index in [9.17, 15) is 19.5 Å². The van der Waals surface area contributed by atoms with Gasteiger partial charge in [-0.1, -0.05) is 63.6 Å². The molecule has 1 fully saturated rings. The summed E-state index contributed by atoms with van der Waals surface area (Å²) in [5.41, 5.74) is 5.99. The number of halogens is 1. The van der Waals surface area contributed by atoms with Crippen LogP contribution in [-0.4, -0.2) is 47.4 Å². The van der Waals surface area contributed by atoms with E-state index in [0.717, 1.165) is 35.5 Å². The molecule has 0 saturated heterocycles. The molecule has 3 heterocycles. The van der Waals surface area contributed by atoms with Gasteiger partial charge in [0.15, 0.2) is 0 Å². The van der Waals surface area contributed by atoms with Gasteiger partial charge in [0.05, 0.1) is 21.0 Å². The van der Waals surface area contributed by atoms with Crippen molar-refractivity contribution in [1.29, 1.82) is 0 Å². The van der Waals surface area contributed by atoms with Crippen LogP contribution in [0, 0.1) is 6.92 Å². The molecule has 1 aliphatic heterocycles. The summed E-state index contributed by atoms with van der Waals surface area (Å²) in [5.74, 6) is -1.86. The van der Waals surface area contributed by atoms with Crippen molar-refractivity contribution in [2.75, 3.05) is 6.54 Å². The number of carboxylic acid groups (broad SMARTS) is 1. The van der Waals surface area contributed by atoms with Gasteiger partial charge in [-0.3, -0.25) is 14.6 Å². The number of carboxylic acids is 1. The molecule has 9 nitrogen and oxygen atoms in total. The maximum atomic E-state index is 12.5. The molecule has 4 aromatic rings. The van der Waals surface area contributed by atoms with Gasteiger partial charge in [-0.25, -0.2) is 4.79 Å². The molecular formula is C35H43ClN4O5S. The third-order valence-corrected chi connectivity index (χ3v) is 8.08. The fraction of sp³-hybridized carbons (Fsp3) is 0.343. The molecular weight excluding hydrogens is 624 g/mol. The average molecular weight is 667 g/mol. The highest BCUT2D eigenvalue weighted by atomic mass is 35.5. The quantitative estimate of drug-likeness (QED) is 0.164. The lowest BCUT2D eigenvalue weighted by molar-refractivity contribution is -0.139. The number of pyridine rings is 1. The highest BCUT2D eigenvalue weighted by molar-refractivity contribution is 7.12. The van der Waals surface area contributed by atoms with Gasteiger partial charge >= 0.3 is 5.97 Å². The van der Waals surface area contributed by atoms with Crippen LogP contribution in [0.5, 0.6) is 0 Å². The predicted octanol–water partition coefficient (Wildman–Crippen LogP) is 6.91. The Labute approximate surface area is 279 Å². The van der Waals surface area contributed by atoms with Crippen molar-refractivity contribution in [3.63, 3.8) is 0 Å². The molecule has 1 saturated carbocycles. The monoisotopic (exact) mass is 666 g/mol. The minimum Gasteiger partial charge on any atom is -0.478 e. The molecule has 1 aliphatic carbocycles. The number of para-hydroxylation sites is 1. The molecule has 6 rings (SSSR count). The minimum atomic E-state index is -1.56. The van der Waals surface area contributed by atoms with Crippen LogP contribution < -0.4 is 16.0 Å². The van der Waals surface area contributed by atoms with Crippen LogP contribution in [-0.2, 0) is 22.6 Å². The Bertz CT molecular complexity index is 1590. The first kappa shape index (κ1) is 38.1. The summed E-state index contributed by atoms with van der Waals surface area (Å²) in [4.78, 5) is 49.0. The van der Waals surface area contributed by atoms with Crippen LogP contribution >= 0.6 is 22.9 Å². The van der Waals surface area contributed by atoms with Gasteiger partial charge < -0.3 is 25.9 Å². The lowest BCUT2D eigenvalue weighted by Gasteiger charge is -2.20. The number of aromatic nitrogens is 1. The van der Waals surface area contributed by atoms with E-state index in [0.29, 0.717) is 11.4 Å². The van der Waals surface area contributed by atoms with Crippen LogP contribution in [0.2, 0.25) is 5.02 Å². The summed E-state index contributed by atoms with van der Waals surface area (Å²) in [6, 6.07) is 17.3. The third kappa shape index (κ3) is 10.5. The van der Waals surface area contributed by atoms with Gasteiger partial charge in [0, 0.05) is 23.5 Å². The van der Waals surface area contributed by atoms with E-state index in [1.54, 1.807) is 29.6 Å². The van der Waals surface area contributed by atoms with Gasteiger partial charge in [-0.05, 0) is 85.1 Å². The fourth-order valence-electron chi connectivity index (χ4n) is 4.62. The van der Waals surface area contributed by atoms with E-state index in [4.69, 9.17) is 21.4 Å². The summed E-state index contributed by atoms with van der Waals surface area (Å²) in [6.07, 6.45) is 1.84. The van der Waals surface area contributed by atoms with Gasteiger partial charge in [0.2, 0.25) is 6.17 Å². The number of aliphatic carboxylic acids is 1. The van der Waals surface area contributed by atoms with Gasteiger partial charge in [0.1, 0.15) is 6.79 Å². The second kappa shape index (κ2) is 19.4. The molecule has 0 radical (unpaired) electrons. The summed E-state index contributed by atoms with van der Waals surface area (Å²) >= 11 is 7.36. The number of thiophene rings is 1. The van der Waals surface area contributed by atoms with E-state index < -0.39 is 23.9 Å². The number of benzene rings is 2. The molecule has 0 bridgehead atoms. The highest BCUT2D eigenvalue weighted by Crippen LogP contribution is 2.40. The molecule has 2 amide bonds. The van der Waals surface area contributed by atoms with Crippen molar-refractivity contribution in [2.24, 2.45) is 0 Å². The fourth-order valence-corrected chi connectivity index (χ4v) is 5.52. The number of hydrogen-bond donors (Lipinski definition) is 4. The zero-order valence-electron chi connectivity index (χ0n) is 27.0. The molecule has 2 aromatic carbocycles. The summed E-state index contributed by atoms with van der Waals surface area (Å²) in [6.45, 7) is 13.6. The van der Waals surface area contributed by atoms with Crippen LogP contribution in [0.3, 0.4) is 0 Å². The van der Waals surface area contributed by atoms with Gasteiger partial charge in [0.25, 0.3) is 11.8 Å². The zero-order valence-corrected chi connectivity index (χ0v) is 28.6. The summed E-state index contributed by atoms with van der Waals surface area (Å²) < 4.78 is 0. The van der Waals surface area contributed by atoms with Crippen molar-refractivity contribution < 1.29 is 24.3 Å². The number of amides is 2. The zero-order chi connectivity index (χ0) is 34.2. The molecule has 4 N–H and O–H groups in total. The molecule has 1 atom stereocenters. The summed E-state index contributed by atoms with van der Waals surface area (Å²) in [5, 5.41) is 20.3. The Morgan fingerprint density at radius 2 is 1.65 bits per heavy atom. The normalized spacial score (nSPS) is 13.3. The molecule has 11 heteroatoms. The lowest BCUT2D eigenvalue weighted by atomic mass is 9.98. The molecule has 0 spiro atoms. The van der Waals surface area contributed by atoms with Crippen LogP contribution in [0.15, 0.2) is 60.0 Å². The Morgan fingerprint density at radius 1 is 0.978 bits per heavy atom. The number of rotatable bonds is 6. The van der Waals surface area contributed by atoms with Crippen LogP contribution in [0.25, 0.3) is 10.9 Å². The van der Waals surface area contributed by atoms with Gasteiger partial charge in [-0.15, -0.1) is 11.3 Å². The number of aryl methyl sites for hydroxylation is 1. The third-order valence-electron chi connectivity index (χ3n) is 6.90. The summed E-state index contributed by atoms with van der Waals surface area (Å²) in [7, 11) is 0. The first-order valence-electron chi connectivity index (χ1n) is 15.4. The van der Waals surface area contributed by atoms with E-state index in [2.05, 4.69) is 53.2 Å². The maximum Gasteiger partial charge on any atom is 0.347 e.